The Morgan fingerprint density at radius 1 is 0.667 bits per heavy atom. The van der Waals surface area contributed by atoms with Crippen LogP contribution in [0.3, 0.4) is 0 Å². The minimum atomic E-state index is -1.95. The van der Waals surface area contributed by atoms with Gasteiger partial charge in [0.25, 0.3) is 0 Å². The van der Waals surface area contributed by atoms with Crippen LogP contribution in [0.1, 0.15) is 18.9 Å². The van der Waals surface area contributed by atoms with E-state index < -0.39 is 105 Å². The lowest BCUT2D eigenvalue weighted by Gasteiger charge is -2.40. The fourth-order valence-electron chi connectivity index (χ4n) is 6.53. The molecular formula is C42H45O21+. The van der Waals surface area contributed by atoms with E-state index in [1.807, 2.05) is 0 Å². The average Bonchev–Trinajstić information content (AvgIpc) is 3.25. The summed E-state index contributed by atoms with van der Waals surface area (Å²) in [5.74, 6) is -4.10. The molecule has 0 amide bonds. The van der Waals surface area contributed by atoms with Crippen molar-refractivity contribution in [1.82, 2.24) is 0 Å². The molecule has 0 bridgehead atoms. The number of ketones is 1. The number of phenolic OH excluding ortho intramolecular Hbond substituents is 3. The number of ether oxygens (including phenoxy) is 8. The fourth-order valence-corrected chi connectivity index (χ4v) is 6.53. The van der Waals surface area contributed by atoms with Crippen molar-refractivity contribution < 1.29 is 103 Å². The second-order valence-electron chi connectivity index (χ2n) is 14.4. The lowest BCUT2D eigenvalue weighted by atomic mass is 9.99. The number of carbonyl (C=O) groups is 3. The van der Waals surface area contributed by atoms with E-state index in [9.17, 15) is 60.3 Å². The highest BCUT2D eigenvalue weighted by Crippen LogP contribution is 2.46. The number of benzene rings is 3. The first kappa shape index (κ1) is 46.2. The summed E-state index contributed by atoms with van der Waals surface area (Å²) in [4.78, 5) is 35.9. The molecule has 1 aromatic heterocycles. The normalized spacial score (nSPS) is 25.9. The molecule has 10 atom stereocenters. The van der Waals surface area contributed by atoms with Crippen LogP contribution >= 0.6 is 0 Å². The Labute approximate surface area is 357 Å². The molecule has 63 heavy (non-hydrogen) atoms. The molecule has 0 spiro atoms. The number of aliphatic hydroxyl groups excluding tert-OH is 6. The van der Waals surface area contributed by atoms with Crippen molar-refractivity contribution in [3.05, 3.63) is 66.2 Å². The standard InChI is InChI=1S/C42H44O21/c1-18(43)10-32(47)58-17-30-35(50)36(51)38(53)41(62-30)60-25-14-22(45)13-24-23(25)15-28(40(59-24)20-11-26(55-2)33(48)27(12-20)56-3)61-42-39(54)37(52)34(49)29(63-42)16-57-31(46)9-6-19-4-7-21(44)8-5-19/h4-9,11-15,29-30,34-39,41-42,49-54H,10,16-17H2,1-3H3,(H2-,44,45,46,48)/p+1. The summed E-state index contributed by atoms with van der Waals surface area (Å²) >= 11 is 0. The molecule has 21 nitrogen and oxygen atoms in total. The van der Waals surface area contributed by atoms with Gasteiger partial charge in [-0.3, -0.25) is 9.59 Å². The Kier molecular flexibility index (Phi) is 14.5. The second kappa shape index (κ2) is 19.8. The summed E-state index contributed by atoms with van der Waals surface area (Å²) in [6.07, 6.45) is -16.0. The van der Waals surface area contributed by atoms with E-state index in [4.69, 9.17) is 42.3 Å². The van der Waals surface area contributed by atoms with Crippen molar-refractivity contribution in [2.45, 2.75) is 74.8 Å². The van der Waals surface area contributed by atoms with Crippen LogP contribution in [0.5, 0.6) is 40.2 Å². The molecule has 3 aromatic carbocycles. The number of methoxy groups -OCH3 is 2. The molecular weight excluding hydrogens is 840 g/mol. The van der Waals surface area contributed by atoms with Crippen LogP contribution in [0.2, 0.25) is 0 Å². The zero-order chi connectivity index (χ0) is 45.7. The maximum Gasteiger partial charge on any atom is 0.402 e. The number of phenols is 3. The van der Waals surface area contributed by atoms with E-state index in [1.54, 1.807) is 12.1 Å². The lowest BCUT2D eigenvalue weighted by molar-refractivity contribution is -0.278. The van der Waals surface area contributed by atoms with Gasteiger partial charge < -0.3 is 83.9 Å². The van der Waals surface area contributed by atoms with Gasteiger partial charge in [-0.05, 0) is 30.7 Å². The zero-order valence-electron chi connectivity index (χ0n) is 33.7. The van der Waals surface area contributed by atoms with Gasteiger partial charge in [-0.15, -0.1) is 0 Å². The summed E-state index contributed by atoms with van der Waals surface area (Å²) in [6, 6.07) is 12.0. The molecule has 2 aliphatic rings. The molecule has 10 unspecified atom stereocenters. The lowest BCUT2D eigenvalue weighted by Crippen LogP contribution is -2.60. The summed E-state index contributed by atoms with van der Waals surface area (Å²) < 4.78 is 50.7. The van der Waals surface area contributed by atoms with E-state index in [0.717, 1.165) is 25.1 Å². The van der Waals surface area contributed by atoms with Gasteiger partial charge in [-0.2, -0.15) is 0 Å². The minimum absolute atomic E-state index is 0.0200. The number of hydrogen-bond donors (Lipinski definition) is 9. The Balaban J connectivity index is 1.34. The van der Waals surface area contributed by atoms with Crippen molar-refractivity contribution >= 4 is 34.8 Å². The topological polar surface area (TPSA) is 318 Å². The summed E-state index contributed by atoms with van der Waals surface area (Å²) in [7, 11) is 2.53. The first-order valence-electron chi connectivity index (χ1n) is 19.1. The quantitative estimate of drug-likeness (QED) is 0.0343. The summed E-state index contributed by atoms with van der Waals surface area (Å²) in [6.45, 7) is -0.129. The number of aliphatic hydroxyl groups is 6. The first-order chi connectivity index (χ1) is 30.0. The zero-order valence-corrected chi connectivity index (χ0v) is 33.7. The highest BCUT2D eigenvalue weighted by Gasteiger charge is 2.48. The van der Waals surface area contributed by atoms with Gasteiger partial charge in [0.05, 0.1) is 25.8 Å². The molecule has 3 heterocycles. The molecule has 6 rings (SSSR count). The molecule has 0 radical (unpaired) electrons. The molecule has 2 saturated heterocycles. The Hall–Kier alpha value is -6.30. The molecule has 21 heteroatoms. The number of esters is 2. The predicted octanol–water partition coefficient (Wildman–Crippen LogP) is 0.667. The van der Waals surface area contributed by atoms with Crippen LogP contribution in [0, 0.1) is 0 Å². The first-order valence-corrected chi connectivity index (χ1v) is 19.1. The van der Waals surface area contributed by atoms with E-state index in [1.165, 1.54) is 50.6 Å². The van der Waals surface area contributed by atoms with Gasteiger partial charge in [0.2, 0.25) is 24.1 Å². The summed E-state index contributed by atoms with van der Waals surface area (Å²) in [5, 5.41) is 95.8. The SMILES string of the molecule is COc1cc(-c2[o+]c3cc(O)cc(OC4OC(COC(=O)CC(C)=O)C(O)C(O)C4O)c3cc2OC2OC(COC(=O)/C=C/c3ccc(O)cc3)C(O)C(O)C2O)cc(OC)c1O. The highest BCUT2D eigenvalue weighted by atomic mass is 16.7. The molecule has 2 fully saturated rings. The van der Waals surface area contributed by atoms with Gasteiger partial charge in [0.1, 0.15) is 96.9 Å². The maximum absolute atomic E-state index is 12.6. The molecule has 9 N–H and O–H groups in total. The molecule has 0 saturated carbocycles. The van der Waals surface area contributed by atoms with Crippen LogP contribution in [0.15, 0.2) is 65.1 Å². The second-order valence-corrected chi connectivity index (χ2v) is 14.4. The van der Waals surface area contributed by atoms with Crippen LogP contribution in [0.25, 0.3) is 28.4 Å². The van der Waals surface area contributed by atoms with Gasteiger partial charge >= 0.3 is 23.3 Å². The number of aromatic hydroxyl groups is 3. The van der Waals surface area contributed by atoms with Gasteiger partial charge in [0, 0.05) is 30.3 Å². The van der Waals surface area contributed by atoms with Crippen molar-refractivity contribution in [2.24, 2.45) is 0 Å². The predicted molar refractivity (Wildman–Crippen MR) is 211 cm³/mol. The largest absolute Gasteiger partial charge is 0.508 e. The smallest absolute Gasteiger partial charge is 0.402 e. The molecule has 0 aliphatic carbocycles. The van der Waals surface area contributed by atoms with Crippen molar-refractivity contribution in [3.8, 4) is 51.6 Å². The molecule has 2 aliphatic heterocycles. The molecule has 338 valence electrons. The third-order valence-corrected chi connectivity index (χ3v) is 9.86. The van der Waals surface area contributed by atoms with Crippen molar-refractivity contribution in [3.63, 3.8) is 0 Å². The fraction of sp³-hybridized carbons (Fsp3) is 0.381. The third-order valence-electron chi connectivity index (χ3n) is 9.86. The highest BCUT2D eigenvalue weighted by molar-refractivity contribution is 5.94. The van der Waals surface area contributed by atoms with Crippen LogP contribution < -0.4 is 18.9 Å². The number of hydrogen-bond acceptors (Lipinski definition) is 20. The Bertz CT molecular complexity index is 2290. The van der Waals surface area contributed by atoms with E-state index in [-0.39, 0.29) is 56.8 Å². The number of fused-ring (bicyclic) bond motifs is 1. The number of rotatable bonds is 15. The Morgan fingerprint density at radius 2 is 1.22 bits per heavy atom. The van der Waals surface area contributed by atoms with Gasteiger partial charge in [-0.1, -0.05) is 12.1 Å². The Morgan fingerprint density at radius 3 is 1.78 bits per heavy atom. The van der Waals surface area contributed by atoms with Crippen LogP contribution in [-0.4, -0.2) is 153 Å². The van der Waals surface area contributed by atoms with E-state index in [0.29, 0.717) is 5.56 Å². The van der Waals surface area contributed by atoms with Crippen LogP contribution in [-0.2, 0) is 33.3 Å². The minimum Gasteiger partial charge on any atom is -0.508 e. The van der Waals surface area contributed by atoms with Crippen molar-refractivity contribution in [2.75, 3.05) is 27.4 Å². The van der Waals surface area contributed by atoms with Crippen LogP contribution in [0.4, 0.5) is 0 Å². The maximum atomic E-state index is 12.6. The number of Topliss-reactive ketones (excluding diaryl/α,β-unsaturated/α-hetero) is 1. The van der Waals surface area contributed by atoms with E-state index >= 15 is 0 Å². The average molecular weight is 886 g/mol. The van der Waals surface area contributed by atoms with Gasteiger partial charge in [0.15, 0.2) is 11.5 Å². The number of carbonyl (C=O) groups excluding carboxylic acids is 3. The summed E-state index contributed by atoms with van der Waals surface area (Å²) in [5.41, 5.74) is 0.527. The monoisotopic (exact) mass is 885 g/mol. The van der Waals surface area contributed by atoms with Gasteiger partial charge in [-0.25, -0.2) is 9.21 Å². The molecule has 4 aromatic rings. The third kappa shape index (κ3) is 10.7. The van der Waals surface area contributed by atoms with Crippen molar-refractivity contribution in [1.29, 1.82) is 0 Å². The van der Waals surface area contributed by atoms with E-state index in [2.05, 4.69) is 0 Å².